The van der Waals surface area contributed by atoms with Crippen LogP contribution in [0.1, 0.15) is 16.7 Å². The van der Waals surface area contributed by atoms with Gasteiger partial charge in [-0.25, -0.2) is 0 Å². The summed E-state index contributed by atoms with van der Waals surface area (Å²) in [5.74, 6) is 0. The first kappa shape index (κ1) is 32.6. The molecule has 10 atom stereocenters. The van der Waals surface area contributed by atoms with E-state index in [4.69, 9.17) is 28.4 Å². The minimum atomic E-state index is -1.60. The molecule has 2 saturated heterocycles. The lowest BCUT2D eigenvalue weighted by Gasteiger charge is -2.45. The second-order valence-electron chi connectivity index (χ2n) is 10.9. The molecule has 2 heterocycles. The highest BCUT2D eigenvalue weighted by atomic mass is 16.7. The Morgan fingerprint density at radius 1 is 0.500 bits per heavy atom. The van der Waals surface area contributed by atoms with Gasteiger partial charge in [-0.3, -0.25) is 0 Å². The lowest BCUT2D eigenvalue weighted by Crippen LogP contribution is -2.62. The van der Waals surface area contributed by atoms with Crippen LogP contribution in [0.2, 0.25) is 0 Å². The van der Waals surface area contributed by atoms with Gasteiger partial charge in [-0.2, -0.15) is 0 Å². The monoisotopic (exact) mass is 612 g/mol. The zero-order valence-electron chi connectivity index (χ0n) is 24.2. The Morgan fingerprint density at radius 3 is 1.48 bits per heavy atom. The van der Waals surface area contributed by atoms with Crippen molar-refractivity contribution in [1.29, 1.82) is 0 Å². The molecule has 11 nitrogen and oxygen atoms in total. The van der Waals surface area contributed by atoms with Gasteiger partial charge < -0.3 is 54.0 Å². The first-order valence-electron chi connectivity index (χ1n) is 14.7. The third-order valence-corrected chi connectivity index (χ3v) is 7.74. The highest BCUT2D eigenvalue weighted by Crippen LogP contribution is 2.31. The van der Waals surface area contributed by atoms with Crippen LogP contribution in [-0.2, 0) is 48.2 Å². The quantitative estimate of drug-likeness (QED) is 0.190. The molecule has 3 aromatic rings. The van der Waals surface area contributed by atoms with Crippen molar-refractivity contribution in [2.24, 2.45) is 0 Å². The maximum absolute atomic E-state index is 11.2. The van der Waals surface area contributed by atoms with Gasteiger partial charge in [0.25, 0.3) is 0 Å². The summed E-state index contributed by atoms with van der Waals surface area (Å²) in [7, 11) is 0. The third kappa shape index (κ3) is 8.27. The zero-order chi connectivity index (χ0) is 30.9. The van der Waals surface area contributed by atoms with E-state index >= 15 is 0 Å². The average molecular weight is 613 g/mol. The van der Waals surface area contributed by atoms with Gasteiger partial charge >= 0.3 is 0 Å². The van der Waals surface area contributed by atoms with Gasteiger partial charge in [-0.05, 0) is 16.7 Å². The smallest absolute Gasteiger partial charge is 0.186 e. The minimum Gasteiger partial charge on any atom is -0.394 e. The molecule has 0 radical (unpaired) electrons. The van der Waals surface area contributed by atoms with E-state index in [1.54, 1.807) is 0 Å². The van der Waals surface area contributed by atoms with Crippen molar-refractivity contribution in [2.75, 3.05) is 13.2 Å². The van der Waals surface area contributed by atoms with Crippen LogP contribution in [0.3, 0.4) is 0 Å². The molecule has 0 spiro atoms. The molecule has 0 bridgehead atoms. The average Bonchev–Trinajstić information content (AvgIpc) is 3.06. The van der Waals surface area contributed by atoms with Crippen LogP contribution in [0.5, 0.6) is 0 Å². The topological polar surface area (TPSA) is 157 Å². The van der Waals surface area contributed by atoms with E-state index in [1.807, 2.05) is 91.0 Å². The number of rotatable bonds is 13. The maximum atomic E-state index is 11.2. The number of benzene rings is 3. The Balaban J connectivity index is 1.38. The Hall–Kier alpha value is -2.78. The maximum Gasteiger partial charge on any atom is 0.186 e. The SMILES string of the molecule is OC[C@H]1O[C@@H](OC[C@H]2O[C@H](O)[C@H](OCc3ccccc3)[C@@H](OCc3ccccc3)[C@@H]2OCc2ccccc2)[C@H](O)[C@@H](O)[C@@H]1O. The van der Waals surface area contributed by atoms with E-state index in [0.29, 0.717) is 0 Å². The number of hydrogen-bond acceptors (Lipinski definition) is 11. The van der Waals surface area contributed by atoms with E-state index in [9.17, 15) is 25.5 Å². The van der Waals surface area contributed by atoms with Gasteiger partial charge in [-0.1, -0.05) is 91.0 Å². The highest BCUT2D eigenvalue weighted by Gasteiger charge is 2.49. The van der Waals surface area contributed by atoms with E-state index in [1.165, 1.54) is 0 Å². The molecule has 3 aromatic carbocycles. The normalized spacial score (nSPS) is 32.4. The number of aliphatic hydroxyl groups excluding tert-OH is 5. The number of hydrogen-bond donors (Lipinski definition) is 5. The molecule has 2 aliphatic rings. The van der Waals surface area contributed by atoms with Crippen LogP contribution in [0.4, 0.5) is 0 Å². The van der Waals surface area contributed by atoms with Crippen molar-refractivity contribution in [3.63, 3.8) is 0 Å². The minimum absolute atomic E-state index is 0.189. The molecular weight excluding hydrogens is 572 g/mol. The predicted molar refractivity (Wildman–Crippen MR) is 156 cm³/mol. The second-order valence-corrected chi connectivity index (χ2v) is 10.9. The van der Waals surface area contributed by atoms with Gasteiger partial charge in [0.05, 0.1) is 33.0 Å². The van der Waals surface area contributed by atoms with Gasteiger partial charge in [0.2, 0.25) is 0 Å². The van der Waals surface area contributed by atoms with Crippen molar-refractivity contribution in [3.05, 3.63) is 108 Å². The Kier molecular flexibility index (Phi) is 11.8. The number of ether oxygens (including phenoxy) is 6. The molecule has 238 valence electrons. The summed E-state index contributed by atoms with van der Waals surface area (Å²) in [5, 5.41) is 51.6. The second kappa shape index (κ2) is 16.0. The predicted octanol–water partition coefficient (Wildman–Crippen LogP) is 1.28. The largest absolute Gasteiger partial charge is 0.394 e. The van der Waals surface area contributed by atoms with Crippen LogP contribution >= 0.6 is 0 Å². The van der Waals surface area contributed by atoms with Crippen molar-refractivity contribution < 1.29 is 54.0 Å². The first-order valence-corrected chi connectivity index (χ1v) is 14.7. The highest BCUT2D eigenvalue weighted by molar-refractivity contribution is 5.15. The molecular formula is C33H40O11. The van der Waals surface area contributed by atoms with Gasteiger partial charge in [0, 0.05) is 0 Å². The standard InChI is InChI=1S/C33H40O11/c34-16-24-26(35)27(36)28(37)33(44-24)42-20-25-29(39-17-21-10-4-1-5-11-21)30(40-18-22-12-6-2-7-13-22)31(32(38)43-25)41-19-23-14-8-3-9-15-23/h1-15,24-38H,16-20H2/t24-,25-,26-,27+,28-,29-,30+,31-,32+,33-/m1/s1. The fourth-order valence-electron chi connectivity index (χ4n) is 5.29. The van der Waals surface area contributed by atoms with Gasteiger partial charge in [0.1, 0.15) is 48.8 Å². The summed E-state index contributed by atoms with van der Waals surface area (Å²) in [5.41, 5.74) is 2.71. The Labute approximate surface area is 256 Å². The van der Waals surface area contributed by atoms with Crippen LogP contribution in [0.15, 0.2) is 91.0 Å². The lowest BCUT2D eigenvalue weighted by molar-refractivity contribution is -0.338. The lowest BCUT2D eigenvalue weighted by atomic mass is 9.97. The van der Waals surface area contributed by atoms with Crippen LogP contribution < -0.4 is 0 Å². The molecule has 0 aliphatic carbocycles. The number of aliphatic hydroxyl groups is 5. The molecule has 11 heteroatoms. The molecule has 2 aliphatic heterocycles. The van der Waals surface area contributed by atoms with E-state index < -0.39 is 68.0 Å². The summed E-state index contributed by atoms with van der Waals surface area (Å²) >= 11 is 0. The third-order valence-electron chi connectivity index (χ3n) is 7.74. The molecule has 2 fully saturated rings. The van der Waals surface area contributed by atoms with Crippen molar-refractivity contribution in [1.82, 2.24) is 0 Å². The van der Waals surface area contributed by atoms with Crippen molar-refractivity contribution >= 4 is 0 Å². The Bertz CT molecular complexity index is 1230. The van der Waals surface area contributed by atoms with Crippen LogP contribution in [0, 0.1) is 0 Å². The molecule has 0 aromatic heterocycles. The summed E-state index contributed by atoms with van der Waals surface area (Å²) in [6, 6.07) is 28.6. The van der Waals surface area contributed by atoms with Crippen LogP contribution in [-0.4, -0.2) is 100 Å². The molecule has 0 saturated carbocycles. The zero-order valence-corrected chi connectivity index (χ0v) is 24.2. The van der Waals surface area contributed by atoms with Gasteiger partial charge in [-0.15, -0.1) is 0 Å². The molecule has 5 N–H and O–H groups in total. The molecule has 44 heavy (non-hydrogen) atoms. The van der Waals surface area contributed by atoms with E-state index in [-0.39, 0.29) is 26.4 Å². The summed E-state index contributed by atoms with van der Waals surface area (Å²) in [6.45, 7) is -0.264. The van der Waals surface area contributed by atoms with E-state index in [2.05, 4.69) is 0 Å². The summed E-state index contributed by atoms with van der Waals surface area (Å²) in [6.07, 6.45) is -12.2. The van der Waals surface area contributed by atoms with Crippen LogP contribution in [0.25, 0.3) is 0 Å². The van der Waals surface area contributed by atoms with Crippen molar-refractivity contribution in [3.8, 4) is 0 Å². The molecule has 0 amide bonds. The fourth-order valence-corrected chi connectivity index (χ4v) is 5.29. The first-order chi connectivity index (χ1) is 21.4. The Morgan fingerprint density at radius 2 is 0.977 bits per heavy atom. The summed E-state index contributed by atoms with van der Waals surface area (Å²) < 4.78 is 36.4. The molecule has 5 rings (SSSR count). The van der Waals surface area contributed by atoms with E-state index in [0.717, 1.165) is 16.7 Å². The van der Waals surface area contributed by atoms with Crippen molar-refractivity contribution in [2.45, 2.75) is 81.2 Å². The molecule has 0 unspecified atom stereocenters. The fraction of sp³-hybridized carbons (Fsp3) is 0.455. The van der Waals surface area contributed by atoms with Gasteiger partial charge in [0.15, 0.2) is 12.6 Å². The summed E-state index contributed by atoms with van der Waals surface area (Å²) in [4.78, 5) is 0.